The Balaban J connectivity index is 1.71. The number of carbonyl (C=O) groups is 2. The third kappa shape index (κ3) is 7.31. The summed E-state index contributed by atoms with van der Waals surface area (Å²) < 4.78 is 25.7. The Morgan fingerprint density at radius 3 is 1.81 bits per heavy atom. The molecule has 0 spiro atoms. The fourth-order valence-electron chi connectivity index (χ4n) is 2.33. The summed E-state index contributed by atoms with van der Waals surface area (Å²) in [6.45, 7) is 2.27. The largest absolute Gasteiger partial charge is 0.338 e. The van der Waals surface area contributed by atoms with Gasteiger partial charge in [0.2, 0.25) is 0 Å². The summed E-state index contributed by atoms with van der Waals surface area (Å²) in [7, 11) is 0. The van der Waals surface area contributed by atoms with Crippen LogP contribution in [0.4, 0.5) is 29.7 Å². The second-order valence-electron chi connectivity index (χ2n) is 5.89. The number of anilines is 2. The van der Waals surface area contributed by atoms with Gasteiger partial charge >= 0.3 is 12.1 Å². The van der Waals surface area contributed by atoms with Gasteiger partial charge in [-0.05, 0) is 61.4 Å². The molecule has 0 aliphatic heterocycles. The molecule has 144 valence electrons. The third-order valence-corrected chi connectivity index (χ3v) is 3.81. The van der Waals surface area contributed by atoms with E-state index in [9.17, 15) is 18.4 Å². The Hall–Kier alpha value is -3.16. The predicted octanol–water partition coefficient (Wildman–Crippen LogP) is 4.08. The molecule has 0 saturated heterocycles. The molecule has 0 aliphatic carbocycles. The molecule has 0 aliphatic rings. The van der Waals surface area contributed by atoms with E-state index in [1.165, 1.54) is 48.5 Å². The fraction of sp³-hybridized carbons (Fsp3) is 0.263. The van der Waals surface area contributed by atoms with Crippen molar-refractivity contribution < 1.29 is 18.4 Å². The number of nitrogens with one attached hydrogen (secondary N) is 4. The lowest BCUT2D eigenvalue weighted by Gasteiger charge is -2.18. The molecule has 6 nitrogen and oxygen atoms in total. The maximum Gasteiger partial charge on any atom is 0.319 e. The van der Waals surface area contributed by atoms with Crippen molar-refractivity contribution in [2.45, 2.75) is 25.8 Å². The third-order valence-electron chi connectivity index (χ3n) is 3.81. The zero-order valence-electron chi connectivity index (χ0n) is 14.9. The molecular weight excluding hydrogens is 354 g/mol. The Bertz CT molecular complexity index is 751. The highest BCUT2D eigenvalue weighted by Gasteiger charge is 2.11. The van der Waals surface area contributed by atoms with E-state index < -0.39 is 12.1 Å². The smallest absolute Gasteiger partial charge is 0.319 e. The van der Waals surface area contributed by atoms with E-state index in [-0.39, 0.29) is 17.7 Å². The monoisotopic (exact) mass is 376 g/mol. The highest BCUT2D eigenvalue weighted by molar-refractivity contribution is 5.90. The molecule has 4 amide bonds. The Kier molecular flexibility index (Phi) is 7.54. The summed E-state index contributed by atoms with van der Waals surface area (Å²) >= 11 is 0. The van der Waals surface area contributed by atoms with E-state index in [1.54, 1.807) is 0 Å². The fourth-order valence-corrected chi connectivity index (χ4v) is 2.33. The number of benzene rings is 2. The highest BCUT2D eigenvalue weighted by atomic mass is 19.1. The van der Waals surface area contributed by atoms with Crippen LogP contribution in [0.15, 0.2) is 48.5 Å². The minimum Gasteiger partial charge on any atom is -0.338 e. The van der Waals surface area contributed by atoms with E-state index in [4.69, 9.17) is 0 Å². The second-order valence-corrected chi connectivity index (χ2v) is 5.89. The number of halogens is 2. The van der Waals surface area contributed by atoms with Gasteiger partial charge in [-0.3, -0.25) is 0 Å². The molecule has 1 atom stereocenters. The molecule has 0 saturated carbocycles. The van der Waals surface area contributed by atoms with E-state index in [0.717, 1.165) is 0 Å². The number of rotatable bonds is 7. The Labute approximate surface area is 156 Å². The first-order chi connectivity index (χ1) is 13.0. The molecule has 4 N–H and O–H groups in total. The van der Waals surface area contributed by atoms with Gasteiger partial charge in [0.15, 0.2) is 0 Å². The molecule has 2 aromatic rings. The van der Waals surface area contributed by atoms with E-state index in [1.807, 2.05) is 6.92 Å². The minimum atomic E-state index is -0.410. The first-order valence-corrected chi connectivity index (χ1v) is 8.59. The maximum absolute atomic E-state index is 12.9. The molecule has 0 bridgehead atoms. The van der Waals surface area contributed by atoms with Gasteiger partial charge in [0, 0.05) is 24.0 Å². The molecule has 0 aromatic heterocycles. The topological polar surface area (TPSA) is 82.3 Å². The standard InChI is InChI=1S/C19H22F2N4O2/c1-2-15(23-19(27)25-17-9-5-14(21)6-10-17)11-12-22-18(26)24-16-7-3-13(20)4-8-16/h3-10,15H,2,11-12H2,1H3,(H2,22,24,26)(H2,23,25,27). The number of carbonyl (C=O) groups excluding carboxylic acids is 2. The van der Waals surface area contributed by atoms with Gasteiger partial charge < -0.3 is 21.3 Å². The van der Waals surface area contributed by atoms with Crippen LogP contribution in [0.1, 0.15) is 19.8 Å². The van der Waals surface area contributed by atoms with Crippen molar-refractivity contribution in [1.82, 2.24) is 10.6 Å². The molecule has 2 aromatic carbocycles. The summed E-state index contributed by atoms with van der Waals surface area (Å²) in [6.07, 6.45) is 1.21. The van der Waals surface area contributed by atoms with Crippen LogP contribution in [-0.4, -0.2) is 24.6 Å². The lowest BCUT2D eigenvalue weighted by atomic mass is 10.1. The van der Waals surface area contributed by atoms with Crippen molar-refractivity contribution in [2.24, 2.45) is 0 Å². The lowest BCUT2D eigenvalue weighted by Crippen LogP contribution is -2.40. The van der Waals surface area contributed by atoms with E-state index in [2.05, 4.69) is 21.3 Å². The van der Waals surface area contributed by atoms with Gasteiger partial charge in [0.1, 0.15) is 11.6 Å². The van der Waals surface area contributed by atoms with E-state index >= 15 is 0 Å². The lowest BCUT2D eigenvalue weighted by molar-refractivity contribution is 0.246. The number of amides is 4. The average Bonchev–Trinajstić information content (AvgIpc) is 2.64. The average molecular weight is 376 g/mol. The van der Waals surface area contributed by atoms with Crippen LogP contribution in [0.5, 0.6) is 0 Å². The summed E-state index contributed by atoms with van der Waals surface area (Å²) in [6, 6.07) is 9.95. The summed E-state index contributed by atoms with van der Waals surface area (Å²) in [5.41, 5.74) is 0.971. The van der Waals surface area contributed by atoms with Crippen molar-refractivity contribution in [2.75, 3.05) is 17.2 Å². The first kappa shape index (κ1) is 20.2. The van der Waals surface area contributed by atoms with Gasteiger partial charge in [-0.15, -0.1) is 0 Å². The molecule has 8 heteroatoms. The number of hydrogen-bond donors (Lipinski definition) is 4. The summed E-state index contributed by atoms with van der Waals surface area (Å²) in [5.74, 6) is -0.755. The van der Waals surface area contributed by atoms with Gasteiger partial charge in [0.05, 0.1) is 0 Å². The number of urea groups is 2. The van der Waals surface area contributed by atoms with Gasteiger partial charge in [0.25, 0.3) is 0 Å². The van der Waals surface area contributed by atoms with Crippen LogP contribution in [0.3, 0.4) is 0 Å². The van der Waals surface area contributed by atoms with Crippen LogP contribution in [0, 0.1) is 11.6 Å². The Morgan fingerprint density at radius 1 is 0.852 bits per heavy atom. The van der Waals surface area contributed by atoms with Crippen LogP contribution < -0.4 is 21.3 Å². The maximum atomic E-state index is 12.9. The quantitative estimate of drug-likeness (QED) is 0.587. The Morgan fingerprint density at radius 2 is 1.33 bits per heavy atom. The molecule has 1 unspecified atom stereocenters. The number of hydrogen-bond acceptors (Lipinski definition) is 2. The highest BCUT2D eigenvalue weighted by Crippen LogP contribution is 2.09. The molecule has 0 radical (unpaired) electrons. The van der Waals surface area contributed by atoms with Gasteiger partial charge in [-0.1, -0.05) is 6.92 Å². The predicted molar refractivity (Wildman–Crippen MR) is 101 cm³/mol. The van der Waals surface area contributed by atoms with Crippen molar-refractivity contribution >= 4 is 23.4 Å². The van der Waals surface area contributed by atoms with Crippen molar-refractivity contribution in [3.63, 3.8) is 0 Å². The molecular formula is C19H22F2N4O2. The van der Waals surface area contributed by atoms with Crippen LogP contribution >= 0.6 is 0 Å². The zero-order chi connectivity index (χ0) is 19.6. The van der Waals surface area contributed by atoms with Crippen molar-refractivity contribution in [3.8, 4) is 0 Å². The zero-order valence-corrected chi connectivity index (χ0v) is 14.9. The van der Waals surface area contributed by atoms with Crippen molar-refractivity contribution in [3.05, 3.63) is 60.2 Å². The normalized spacial score (nSPS) is 11.4. The van der Waals surface area contributed by atoms with Crippen LogP contribution in [-0.2, 0) is 0 Å². The first-order valence-electron chi connectivity index (χ1n) is 8.59. The molecule has 27 heavy (non-hydrogen) atoms. The van der Waals surface area contributed by atoms with Crippen molar-refractivity contribution in [1.29, 1.82) is 0 Å². The molecule has 2 rings (SSSR count). The van der Waals surface area contributed by atoms with Gasteiger partial charge in [-0.25, -0.2) is 18.4 Å². The SMILES string of the molecule is CCC(CCNC(=O)Nc1ccc(F)cc1)NC(=O)Nc1ccc(F)cc1. The van der Waals surface area contributed by atoms with Gasteiger partial charge in [-0.2, -0.15) is 0 Å². The van der Waals surface area contributed by atoms with Crippen LogP contribution in [0.25, 0.3) is 0 Å². The summed E-state index contributed by atoms with van der Waals surface area (Å²) in [5, 5.41) is 10.7. The summed E-state index contributed by atoms with van der Waals surface area (Å²) in [4.78, 5) is 23.8. The second kappa shape index (κ2) is 10.1. The van der Waals surface area contributed by atoms with Crippen LogP contribution in [0.2, 0.25) is 0 Å². The minimum absolute atomic E-state index is 0.142. The molecule has 0 fully saturated rings. The molecule has 0 heterocycles. The van der Waals surface area contributed by atoms with E-state index in [0.29, 0.717) is 30.8 Å².